The third-order valence-corrected chi connectivity index (χ3v) is 5.74. The smallest absolute Gasteiger partial charge is 0.191 e. The van der Waals surface area contributed by atoms with Crippen molar-refractivity contribution in [3.63, 3.8) is 0 Å². The first-order valence-corrected chi connectivity index (χ1v) is 10.8. The molecule has 2 heterocycles. The van der Waals surface area contributed by atoms with Crippen molar-refractivity contribution in [1.82, 2.24) is 20.4 Å². The van der Waals surface area contributed by atoms with Gasteiger partial charge in [0.1, 0.15) is 0 Å². The summed E-state index contributed by atoms with van der Waals surface area (Å²) in [5, 5.41) is 7.09. The third-order valence-electron chi connectivity index (χ3n) is 5.74. The summed E-state index contributed by atoms with van der Waals surface area (Å²) in [5.41, 5.74) is 1.38. The molecule has 0 aromatic heterocycles. The largest absolute Gasteiger partial charge is 0.379 e. The van der Waals surface area contributed by atoms with Crippen LogP contribution in [0, 0.1) is 5.92 Å². The van der Waals surface area contributed by atoms with E-state index >= 15 is 0 Å². The maximum atomic E-state index is 5.44. The highest BCUT2D eigenvalue weighted by atomic mass is 127. The van der Waals surface area contributed by atoms with Crippen LogP contribution in [0.1, 0.15) is 31.4 Å². The summed E-state index contributed by atoms with van der Waals surface area (Å²) in [5.74, 6) is 1.47. The van der Waals surface area contributed by atoms with Crippen molar-refractivity contribution >= 4 is 29.9 Å². The molecule has 2 aliphatic heterocycles. The molecule has 2 saturated heterocycles. The minimum absolute atomic E-state index is 0. The molecule has 2 aliphatic rings. The first-order chi connectivity index (χ1) is 13.8. The zero-order valence-electron chi connectivity index (χ0n) is 18.0. The highest BCUT2D eigenvalue weighted by Crippen LogP contribution is 2.24. The van der Waals surface area contributed by atoms with Crippen molar-refractivity contribution in [3.8, 4) is 0 Å². The van der Waals surface area contributed by atoms with E-state index in [1.165, 1.54) is 31.5 Å². The Morgan fingerprint density at radius 2 is 1.69 bits per heavy atom. The molecular formula is C22H38IN5O. The number of guanidine groups is 1. The fraction of sp³-hybridized carbons (Fsp3) is 0.682. The summed E-state index contributed by atoms with van der Waals surface area (Å²) in [4.78, 5) is 9.53. The molecule has 0 aliphatic carbocycles. The standard InChI is InChI=1S/C22H37N5O.HI/c1-19(18-26-12-14-28-15-13-26)16-24-22(23-2)25-17-21(27-10-6-7-11-27)20-8-4-3-5-9-20;/h3-5,8-9,19,21H,6-7,10-18H2,1-2H3,(H2,23,24,25);1H. The van der Waals surface area contributed by atoms with Gasteiger partial charge in [-0.15, -0.1) is 24.0 Å². The summed E-state index contributed by atoms with van der Waals surface area (Å²) in [6.45, 7) is 11.4. The van der Waals surface area contributed by atoms with Crippen molar-refractivity contribution in [2.45, 2.75) is 25.8 Å². The van der Waals surface area contributed by atoms with E-state index in [2.05, 4.69) is 62.7 Å². The molecule has 0 radical (unpaired) electrons. The lowest BCUT2D eigenvalue weighted by molar-refractivity contribution is 0.0320. The second kappa shape index (κ2) is 13.4. The fourth-order valence-corrected chi connectivity index (χ4v) is 4.16. The lowest BCUT2D eigenvalue weighted by atomic mass is 10.1. The molecule has 1 aromatic rings. The quantitative estimate of drug-likeness (QED) is 0.317. The topological polar surface area (TPSA) is 52.1 Å². The number of hydrogen-bond acceptors (Lipinski definition) is 4. The van der Waals surface area contributed by atoms with Gasteiger partial charge < -0.3 is 15.4 Å². The number of morpholine rings is 1. The van der Waals surface area contributed by atoms with Gasteiger partial charge in [0.25, 0.3) is 0 Å². The Kier molecular flexibility index (Phi) is 11.3. The maximum absolute atomic E-state index is 5.44. The lowest BCUT2D eigenvalue weighted by Crippen LogP contribution is -2.45. The molecule has 2 unspecified atom stereocenters. The van der Waals surface area contributed by atoms with Gasteiger partial charge in [-0.05, 0) is 37.4 Å². The number of likely N-dealkylation sites (tertiary alicyclic amines) is 1. The summed E-state index contributed by atoms with van der Waals surface area (Å²) in [6.07, 6.45) is 2.60. The van der Waals surface area contributed by atoms with Crippen LogP contribution < -0.4 is 10.6 Å². The zero-order chi connectivity index (χ0) is 19.6. The zero-order valence-corrected chi connectivity index (χ0v) is 20.3. The van der Waals surface area contributed by atoms with E-state index in [-0.39, 0.29) is 24.0 Å². The first kappa shape index (κ1) is 24.4. The molecule has 3 rings (SSSR count). The number of nitrogens with zero attached hydrogens (tertiary/aromatic N) is 3. The van der Waals surface area contributed by atoms with Crippen LogP contribution in [-0.4, -0.2) is 81.8 Å². The van der Waals surface area contributed by atoms with E-state index in [0.717, 1.165) is 51.9 Å². The van der Waals surface area contributed by atoms with Crippen molar-refractivity contribution < 1.29 is 4.74 Å². The Labute approximate surface area is 193 Å². The molecule has 0 spiro atoms. The van der Waals surface area contributed by atoms with Crippen molar-refractivity contribution in [2.24, 2.45) is 10.9 Å². The lowest BCUT2D eigenvalue weighted by Gasteiger charge is -2.30. The highest BCUT2D eigenvalue weighted by molar-refractivity contribution is 14.0. The van der Waals surface area contributed by atoms with E-state index in [9.17, 15) is 0 Å². The minimum Gasteiger partial charge on any atom is -0.379 e. The molecule has 2 atom stereocenters. The Hall–Kier alpha value is -0.900. The molecule has 2 fully saturated rings. The van der Waals surface area contributed by atoms with Gasteiger partial charge in [-0.1, -0.05) is 37.3 Å². The molecular weight excluding hydrogens is 477 g/mol. The second-order valence-corrected chi connectivity index (χ2v) is 8.02. The van der Waals surface area contributed by atoms with Crippen LogP contribution in [0.4, 0.5) is 0 Å². The number of nitrogens with one attached hydrogen (secondary N) is 2. The predicted octanol–water partition coefficient (Wildman–Crippen LogP) is 2.57. The van der Waals surface area contributed by atoms with Gasteiger partial charge in [-0.3, -0.25) is 14.8 Å². The van der Waals surface area contributed by atoms with Gasteiger partial charge in [0, 0.05) is 39.8 Å². The highest BCUT2D eigenvalue weighted by Gasteiger charge is 2.23. The molecule has 164 valence electrons. The Morgan fingerprint density at radius 1 is 1.03 bits per heavy atom. The van der Waals surface area contributed by atoms with Gasteiger partial charge in [0.2, 0.25) is 0 Å². The molecule has 6 nitrogen and oxygen atoms in total. The van der Waals surface area contributed by atoms with Crippen LogP contribution in [0.25, 0.3) is 0 Å². The number of hydrogen-bond donors (Lipinski definition) is 2. The SMILES string of the molecule is CN=C(NCC(C)CN1CCOCC1)NCC(c1ccccc1)N1CCCC1.I. The average Bonchev–Trinajstić information content (AvgIpc) is 3.26. The van der Waals surface area contributed by atoms with E-state index in [1.807, 2.05) is 7.05 Å². The van der Waals surface area contributed by atoms with Crippen molar-refractivity contribution in [1.29, 1.82) is 0 Å². The maximum Gasteiger partial charge on any atom is 0.191 e. The van der Waals surface area contributed by atoms with E-state index < -0.39 is 0 Å². The third kappa shape index (κ3) is 8.03. The van der Waals surface area contributed by atoms with Gasteiger partial charge >= 0.3 is 0 Å². The number of benzene rings is 1. The average molecular weight is 515 g/mol. The van der Waals surface area contributed by atoms with Crippen LogP contribution in [0.2, 0.25) is 0 Å². The second-order valence-electron chi connectivity index (χ2n) is 8.02. The van der Waals surface area contributed by atoms with E-state index in [4.69, 9.17) is 4.74 Å². The normalized spacial score (nSPS) is 20.7. The minimum atomic E-state index is 0. The Bertz CT molecular complexity index is 588. The number of halogens is 1. The monoisotopic (exact) mass is 515 g/mol. The molecule has 7 heteroatoms. The molecule has 0 saturated carbocycles. The first-order valence-electron chi connectivity index (χ1n) is 10.8. The molecule has 2 N–H and O–H groups in total. The predicted molar refractivity (Wildman–Crippen MR) is 131 cm³/mol. The van der Waals surface area contributed by atoms with Crippen molar-refractivity contribution in [2.75, 3.05) is 66.1 Å². The molecule has 1 aromatic carbocycles. The van der Waals surface area contributed by atoms with Gasteiger partial charge in [0.15, 0.2) is 5.96 Å². The van der Waals surface area contributed by atoms with Crippen LogP contribution in [0.15, 0.2) is 35.3 Å². The summed E-state index contributed by atoms with van der Waals surface area (Å²) >= 11 is 0. The summed E-state index contributed by atoms with van der Waals surface area (Å²) < 4.78 is 5.44. The summed E-state index contributed by atoms with van der Waals surface area (Å²) in [7, 11) is 1.86. The number of aliphatic imine (C=N–C) groups is 1. The number of rotatable bonds is 8. The van der Waals surface area contributed by atoms with Crippen LogP contribution in [0.5, 0.6) is 0 Å². The summed E-state index contributed by atoms with van der Waals surface area (Å²) in [6, 6.07) is 11.2. The van der Waals surface area contributed by atoms with Gasteiger partial charge in [-0.25, -0.2) is 0 Å². The van der Waals surface area contributed by atoms with Crippen LogP contribution >= 0.6 is 24.0 Å². The Morgan fingerprint density at radius 3 is 2.34 bits per heavy atom. The van der Waals surface area contributed by atoms with Crippen LogP contribution in [-0.2, 0) is 4.74 Å². The molecule has 0 bridgehead atoms. The molecule has 29 heavy (non-hydrogen) atoms. The van der Waals surface area contributed by atoms with E-state index in [0.29, 0.717) is 12.0 Å². The Balaban J connectivity index is 0.00000300. The van der Waals surface area contributed by atoms with E-state index in [1.54, 1.807) is 0 Å². The van der Waals surface area contributed by atoms with Crippen LogP contribution in [0.3, 0.4) is 0 Å². The van der Waals surface area contributed by atoms with Gasteiger partial charge in [-0.2, -0.15) is 0 Å². The fourth-order valence-electron chi connectivity index (χ4n) is 4.16. The van der Waals surface area contributed by atoms with Gasteiger partial charge in [0.05, 0.1) is 19.3 Å². The number of ether oxygens (including phenoxy) is 1. The van der Waals surface area contributed by atoms with Crippen molar-refractivity contribution in [3.05, 3.63) is 35.9 Å². The molecule has 0 amide bonds.